The fourth-order valence-electron chi connectivity index (χ4n) is 1.26. The molecule has 2 aromatic heterocycles. The van der Waals surface area contributed by atoms with E-state index in [1.54, 1.807) is 25.1 Å². The highest BCUT2D eigenvalue weighted by Gasteiger charge is 2.13. The molecule has 0 fully saturated rings. The second-order valence-corrected chi connectivity index (χ2v) is 2.71. The fraction of sp³-hybridized carbons (Fsp3) is 0.111. The maximum atomic E-state index is 5.42. The van der Waals surface area contributed by atoms with E-state index in [2.05, 4.69) is 5.43 Å². The number of hydrogen-bond acceptors (Lipinski definition) is 4. The van der Waals surface area contributed by atoms with Gasteiger partial charge in [-0.15, -0.1) is 0 Å². The van der Waals surface area contributed by atoms with E-state index < -0.39 is 0 Å². The molecule has 0 amide bonds. The Kier molecular flexibility index (Phi) is 2.16. The number of nitrogens with one attached hydrogen (secondary N) is 1. The number of nitrogens with two attached hydrogens (primary N) is 1. The molecule has 0 atom stereocenters. The Balaban J connectivity index is 2.29. The molecular weight excluding hydrogens is 168 g/mol. The second-order valence-electron chi connectivity index (χ2n) is 2.71. The predicted molar refractivity (Wildman–Crippen MR) is 46.6 cm³/mol. The molecule has 0 aliphatic heterocycles. The third-order valence-electron chi connectivity index (χ3n) is 1.92. The summed E-state index contributed by atoms with van der Waals surface area (Å²) in [5.41, 5.74) is 4.64. The molecular formula is C9H10N2O2. The van der Waals surface area contributed by atoms with Crippen LogP contribution >= 0.6 is 0 Å². The average molecular weight is 178 g/mol. The summed E-state index contributed by atoms with van der Waals surface area (Å²) >= 11 is 0. The molecule has 0 spiro atoms. The molecule has 0 bridgehead atoms. The lowest BCUT2D eigenvalue weighted by molar-refractivity contribution is 0.542. The van der Waals surface area contributed by atoms with E-state index in [1.807, 2.05) is 12.1 Å². The van der Waals surface area contributed by atoms with Gasteiger partial charge in [0.1, 0.15) is 0 Å². The lowest BCUT2D eigenvalue weighted by Crippen LogP contribution is -2.28. The molecule has 3 N–H and O–H groups in total. The monoisotopic (exact) mass is 178 g/mol. The summed E-state index contributed by atoms with van der Waals surface area (Å²) < 4.78 is 9.94. The predicted octanol–water partition coefficient (Wildman–Crippen LogP) is 1.43. The van der Waals surface area contributed by atoms with Crippen LogP contribution in [-0.2, 0) is 0 Å². The van der Waals surface area contributed by atoms with Crippen LogP contribution in [0.15, 0.2) is 46.0 Å². The van der Waals surface area contributed by atoms with Crippen LogP contribution in [0.3, 0.4) is 0 Å². The van der Waals surface area contributed by atoms with Crippen LogP contribution in [0.25, 0.3) is 0 Å². The normalized spacial score (nSPS) is 10.9. The minimum atomic E-state index is -0.0718. The van der Waals surface area contributed by atoms with Crippen molar-refractivity contribution in [1.82, 2.24) is 5.43 Å². The smallest absolute Gasteiger partial charge is 0.0954 e. The van der Waals surface area contributed by atoms with Gasteiger partial charge in [0, 0.05) is 11.1 Å². The molecule has 0 saturated carbocycles. The zero-order valence-electron chi connectivity index (χ0n) is 6.94. The fourth-order valence-corrected chi connectivity index (χ4v) is 1.26. The van der Waals surface area contributed by atoms with E-state index in [0.717, 1.165) is 11.1 Å². The van der Waals surface area contributed by atoms with Crippen molar-refractivity contribution in [3.8, 4) is 0 Å². The summed E-state index contributed by atoms with van der Waals surface area (Å²) in [5.74, 6) is 5.42. The molecule has 4 heteroatoms. The van der Waals surface area contributed by atoms with Gasteiger partial charge in [-0.25, -0.2) is 5.43 Å². The lowest BCUT2D eigenvalue weighted by Gasteiger charge is -2.10. The molecule has 2 rings (SSSR count). The van der Waals surface area contributed by atoms with Crippen molar-refractivity contribution >= 4 is 0 Å². The van der Waals surface area contributed by atoms with E-state index in [1.165, 1.54) is 0 Å². The van der Waals surface area contributed by atoms with Gasteiger partial charge in [0.25, 0.3) is 0 Å². The van der Waals surface area contributed by atoms with E-state index in [9.17, 15) is 0 Å². The largest absolute Gasteiger partial charge is 0.472 e. The van der Waals surface area contributed by atoms with Crippen LogP contribution in [0.5, 0.6) is 0 Å². The van der Waals surface area contributed by atoms with Crippen LogP contribution in [0.2, 0.25) is 0 Å². The van der Waals surface area contributed by atoms with Crippen LogP contribution in [0, 0.1) is 0 Å². The molecule has 0 saturated heterocycles. The van der Waals surface area contributed by atoms with Gasteiger partial charge in [0.2, 0.25) is 0 Å². The van der Waals surface area contributed by atoms with Gasteiger partial charge in [0.15, 0.2) is 0 Å². The first-order chi connectivity index (χ1) is 6.42. The van der Waals surface area contributed by atoms with E-state index >= 15 is 0 Å². The summed E-state index contributed by atoms with van der Waals surface area (Å²) in [6, 6.07) is 3.65. The zero-order valence-corrected chi connectivity index (χ0v) is 6.94. The molecule has 4 nitrogen and oxygen atoms in total. The van der Waals surface area contributed by atoms with Crippen LogP contribution in [0.1, 0.15) is 17.2 Å². The van der Waals surface area contributed by atoms with Crippen molar-refractivity contribution in [2.24, 2.45) is 5.84 Å². The Labute approximate surface area is 75.3 Å². The zero-order chi connectivity index (χ0) is 9.10. The molecule has 2 aromatic rings. The highest BCUT2D eigenvalue weighted by Crippen LogP contribution is 2.21. The summed E-state index contributed by atoms with van der Waals surface area (Å²) in [6.45, 7) is 0. The summed E-state index contributed by atoms with van der Waals surface area (Å²) in [6.07, 6.45) is 6.52. The maximum absolute atomic E-state index is 5.42. The lowest BCUT2D eigenvalue weighted by atomic mass is 10.1. The average Bonchev–Trinajstić information content (AvgIpc) is 2.76. The number of furan rings is 2. The summed E-state index contributed by atoms with van der Waals surface area (Å²) in [7, 11) is 0. The van der Waals surface area contributed by atoms with Crippen LogP contribution in [-0.4, -0.2) is 0 Å². The van der Waals surface area contributed by atoms with Crippen molar-refractivity contribution in [1.29, 1.82) is 0 Å². The van der Waals surface area contributed by atoms with Gasteiger partial charge < -0.3 is 8.83 Å². The highest BCUT2D eigenvalue weighted by atomic mass is 16.3. The highest BCUT2D eigenvalue weighted by molar-refractivity contribution is 5.25. The first-order valence-electron chi connectivity index (χ1n) is 3.92. The molecule has 0 aliphatic rings. The molecule has 0 aromatic carbocycles. The van der Waals surface area contributed by atoms with E-state index in [4.69, 9.17) is 14.7 Å². The number of hydrogen-bond donors (Lipinski definition) is 2. The maximum Gasteiger partial charge on any atom is 0.0954 e. The Morgan fingerprint density at radius 2 is 1.62 bits per heavy atom. The third-order valence-corrected chi connectivity index (χ3v) is 1.92. The quantitative estimate of drug-likeness (QED) is 0.551. The van der Waals surface area contributed by atoms with Crippen molar-refractivity contribution in [2.75, 3.05) is 0 Å². The first-order valence-corrected chi connectivity index (χ1v) is 3.92. The van der Waals surface area contributed by atoms with Crippen molar-refractivity contribution < 1.29 is 8.83 Å². The molecule has 0 radical (unpaired) electrons. The minimum absolute atomic E-state index is 0.0718. The van der Waals surface area contributed by atoms with Crippen molar-refractivity contribution in [2.45, 2.75) is 6.04 Å². The topological polar surface area (TPSA) is 64.3 Å². The standard InChI is InChI=1S/C9H10N2O2/c10-11-9(7-1-3-12-5-7)8-2-4-13-6-8/h1-6,9,11H,10H2. The number of rotatable bonds is 3. The second kappa shape index (κ2) is 3.47. The SMILES string of the molecule is NNC(c1ccoc1)c1ccoc1. The third kappa shape index (κ3) is 1.49. The number of hydrazine groups is 1. The van der Waals surface area contributed by atoms with Gasteiger partial charge in [0.05, 0.1) is 31.1 Å². The van der Waals surface area contributed by atoms with E-state index in [-0.39, 0.29) is 6.04 Å². The summed E-state index contributed by atoms with van der Waals surface area (Å²) in [5, 5.41) is 0. The minimum Gasteiger partial charge on any atom is -0.472 e. The van der Waals surface area contributed by atoms with Crippen LogP contribution in [0.4, 0.5) is 0 Å². The Bertz CT molecular complexity index is 305. The van der Waals surface area contributed by atoms with Crippen molar-refractivity contribution in [3.05, 3.63) is 48.3 Å². The van der Waals surface area contributed by atoms with E-state index in [0.29, 0.717) is 0 Å². The summed E-state index contributed by atoms with van der Waals surface area (Å²) in [4.78, 5) is 0. The van der Waals surface area contributed by atoms with Gasteiger partial charge in [-0.05, 0) is 12.1 Å². The first kappa shape index (κ1) is 8.10. The van der Waals surface area contributed by atoms with Gasteiger partial charge in [-0.1, -0.05) is 0 Å². The van der Waals surface area contributed by atoms with Gasteiger partial charge >= 0.3 is 0 Å². The molecule has 0 unspecified atom stereocenters. The Morgan fingerprint density at radius 3 is 1.92 bits per heavy atom. The molecule has 68 valence electrons. The van der Waals surface area contributed by atoms with Crippen molar-refractivity contribution in [3.63, 3.8) is 0 Å². The Hall–Kier alpha value is -1.52. The van der Waals surface area contributed by atoms with Gasteiger partial charge in [-0.2, -0.15) is 0 Å². The molecule has 13 heavy (non-hydrogen) atoms. The Morgan fingerprint density at radius 1 is 1.08 bits per heavy atom. The molecule has 0 aliphatic carbocycles. The van der Waals surface area contributed by atoms with Crippen LogP contribution < -0.4 is 11.3 Å². The molecule has 2 heterocycles. The van der Waals surface area contributed by atoms with Gasteiger partial charge in [-0.3, -0.25) is 5.84 Å².